The Labute approximate surface area is 149 Å². The van der Waals surface area contributed by atoms with Crippen LogP contribution in [-0.4, -0.2) is 10.9 Å². The number of amides is 1. The Morgan fingerprint density at radius 2 is 1.72 bits per heavy atom. The van der Waals surface area contributed by atoms with Gasteiger partial charge in [0.15, 0.2) is 5.13 Å². The van der Waals surface area contributed by atoms with Crippen molar-refractivity contribution in [3.05, 3.63) is 83.4 Å². The Bertz CT molecular complexity index is 1100. The fourth-order valence-corrected chi connectivity index (χ4v) is 4.33. The minimum atomic E-state index is -0.104. The lowest BCUT2D eigenvalue weighted by Crippen LogP contribution is -2.13. The van der Waals surface area contributed by atoms with E-state index in [-0.39, 0.29) is 5.91 Å². The minimum Gasteiger partial charge on any atom is -0.298 e. The summed E-state index contributed by atoms with van der Waals surface area (Å²) in [5.74, 6) is -0.104. The van der Waals surface area contributed by atoms with Crippen molar-refractivity contribution in [3.8, 4) is 11.1 Å². The highest BCUT2D eigenvalue weighted by molar-refractivity contribution is 7.22. The maximum absolute atomic E-state index is 12.9. The van der Waals surface area contributed by atoms with Gasteiger partial charge in [-0.1, -0.05) is 59.9 Å². The normalized spacial score (nSPS) is 12.0. The molecular weight excluding hydrogens is 328 g/mol. The van der Waals surface area contributed by atoms with Crippen LogP contribution >= 0.6 is 11.3 Å². The lowest BCUT2D eigenvalue weighted by molar-refractivity contribution is 0.102. The van der Waals surface area contributed by atoms with Crippen molar-refractivity contribution < 1.29 is 4.79 Å². The summed E-state index contributed by atoms with van der Waals surface area (Å²) in [6, 6.07) is 22.1. The molecule has 0 aliphatic heterocycles. The molecule has 0 saturated heterocycles. The molecule has 1 aromatic heterocycles. The summed E-state index contributed by atoms with van der Waals surface area (Å²) < 4.78 is 1.07. The molecule has 4 aromatic rings. The van der Waals surface area contributed by atoms with E-state index in [1.54, 1.807) is 0 Å². The fraction of sp³-hybridized carbons (Fsp3) is 0.0476. The molecule has 0 unspecified atom stereocenters. The molecule has 1 N–H and O–H groups in total. The molecule has 0 saturated carbocycles. The SMILES string of the molecule is O=C(Nc1nc2ccccc2s1)c1cccc2c1-c1ccccc1C2. The highest BCUT2D eigenvalue weighted by Crippen LogP contribution is 2.39. The molecule has 0 spiro atoms. The summed E-state index contributed by atoms with van der Waals surface area (Å²) in [4.78, 5) is 17.4. The standard InChI is InChI=1S/C21H14N2OS/c24-20(23-21-22-17-10-3-4-11-18(17)25-21)16-9-5-7-14-12-13-6-1-2-8-15(13)19(14)16/h1-11H,12H2,(H,22,23,24). The van der Waals surface area contributed by atoms with Gasteiger partial charge in [0, 0.05) is 5.56 Å². The predicted octanol–water partition coefficient (Wildman–Crippen LogP) is 5.12. The second-order valence-corrected chi connectivity index (χ2v) is 7.15. The molecule has 3 nitrogen and oxygen atoms in total. The Hall–Kier alpha value is -2.98. The molecule has 0 bridgehead atoms. The third-order valence-electron chi connectivity index (χ3n) is 4.58. The number of para-hydroxylation sites is 1. The summed E-state index contributed by atoms with van der Waals surface area (Å²) >= 11 is 1.50. The number of nitrogens with one attached hydrogen (secondary N) is 1. The second-order valence-electron chi connectivity index (χ2n) is 6.11. The van der Waals surface area contributed by atoms with Gasteiger partial charge in [0.2, 0.25) is 0 Å². The maximum atomic E-state index is 12.9. The molecule has 25 heavy (non-hydrogen) atoms. The summed E-state index contributed by atoms with van der Waals surface area (Å²) in [7, 11) is 0. The number of hydrogen-bond acceptors (Lipinski definition) is 3. The quantitative estimate of drug-likeness (QED) is 0.484. The molecule has 1 aliphatic carbocycles. The van der Waals surface area contributed by atoms with Crippen molar-refractivity contribution in [2.45, 2.75) is 6.42 Å². The van der Waals surface area contributed by atoms with E-state index in [0.717, 1.165) is 27.8 Å². The van der Waals surface area contributed by atoms with Gasteiger partial charge >= 0.3 is 0 Å². The van der Waals surface area contributed by atoms with E-state index in [0.29, 0.717) is 10.7 Å². The van der Waals surface area contributed by atoms with Crippen molar-refractivity contribution in [2.24, 2.45) is 0 Å². The molecule has 1 amide bonds. The van der Waals surface area contributed by atoms with Gasteiger partial charge in [-0.25, -0.2) is 4.98 Å². The zero-order valence-electron chi connectivity index (χ0n) is 13.3. The number of aromatic nitrogens is 1. The summed E-state index contributed by atoms with van der Waals surface area (Å²) in [5, 5.41) is 3.61. The van der Waals surface area contributed by atoms with Crippen molar-refractivity contribution >= 4 is 32.6 Å². The van der Waals surface area contributed by atoms with Crippen molar-refractivity contribution in [3.63, 3.8) is 0 Å². The molecule has 3 aromatic carbocycles. The van der Waals surface area contributed by atoms with Gasteiger partial charge in [-0.15, -0.1) is 0 Å². The summed E-state index contributed by atoms with van der Waals surface area (Å²) in [6.07, 6.45) is 0.883. The van der Waals surface area contributed by atoms with E-state index in [9.17, 15) is 4.79 Å². The van der Waals surface area contributed by atoms with Crippen LogP contribution in [0.4, 0.5) is 5.13 Å². The first kappa shape index (κ1) is 14.4. The third-order valence-corrected chi connectivity index (χ3v) is 5.53. The number of anilines is 1. The first-order chi connectivity index (χ1) is 12.3. The van der Waals surface area contributed by atoms with Crippen molar-refractivity contribution in [1.29, 1.82) is 0 Å². The van der Waals surface area contributed by atoms with Crippen LogP contribution in [0, 0.1) is 0 Å². The number of rotatable bonds is 2. The molecule has 1 aliphatic rings. The zero-order chi connectivity index (χ0) is 16.8. The van der Waals surface area contributed by atoms with Crippen molar-refractivity contribution in [1.82, 2.24) is 4.98 Å². The first-order valence-corrected chi connectivity index (χ1v) is 8.98. The van der Waals surface area contributed by atoms with E-state index in [2.05, 4.69) is 28.5 Å². The third kappa shape index (κ3) is 2.34. The number of carbonyl (C=O) groups excluding carboxylic acids is 1. The number of nitrogens with zero attached hydrogens (tertiary/aromatic N) is 1. The van der Waals surface area contributed by atoms with Crippen LogP contribution in [0.5, 0.6) is 0 Å². The zero-order valence-corrected chi connectivity index (χ0v) is 14.1. The fourth-order valence-electron chi connectivity index (χ4n) is 3.47. The van der Waals surface area contributed by atoms with Gasteiger partial charge in [0.1, 0.15) is 0 Å². The molecule has 5 rings (SSSR count). The van der Waals surface area contributed by atoms with Crippen LogP contribution in [-0.2, 0) is 6.42 Å². The first-order valence-electron chi connectivity index (χ1n) is 8.17. The maximum Gasteiger partial charge on any atom is 0.258 e. The largest absolute Gasteiger partial charge is 0.298 e. The molecule has 0 radical (unpaired) electrons. The van der Waals surface area contributed by atoms with Crippen LogP contribution in [0.3, 0.4) is 0 Å². The van der Waals surface area contributed by atoms with E-state index in [1.807, 2.05) is 48.5 Å². The molecule has 4 heteroatoms. The molecular formula is C21H14N2OS. The number of carbonyl (C=O) groups is 1. The van der Waals surface area contributed by atoms with E-state index in [4.69, 9.17) is 0 Å². The Morgan fingerprint density at radius 1 is 0.920 bits per heavy atom. The van der Waals surface area contributed by atoms with E-state index < -0.39 is 0 Å². The Morgan fingerprint density at radius 3 is 2.64 bits per heavy atom. The highest BCUT2D eigenvalue weighted by Gasteiger charge is 2.24. The number of fused-ring (bicyclic) bond motifs is 4. The van der Waals surface area contributed by atoms with Crippen LogP contribution in [0.2, 0.25) is 0 Å². The molecule has 1 heterocycles. The van der Waals surface area contributed by atoms with Crippen LogP contribution < -0.4 is 5.32 Å². The molecule has 0 fully saturated rings. The Kier molecular flexibility index (Phi) is 3.18. The van der Waals surface area contributed by atoms with Gasteiger partial charge in [-0.3, -0.25) is 10.1 Å². The van der Waals surface area contributed by atoms with Crippen LogP contribution in [0.25, 0.3) is 21.3 Å². The average molecular weight is 342 g/mol. The minimum absolute atomic E-state index is 0.104. The lowest BCUT2D eigenvalue weighted by Gasteiger charge is -2.09. The second kappa shape index (κ2) is 5.53. The topological polar surface area (TPSA) is 42.0 Å². The predicted molar refractivity (Wildman–Crippen MR) is 102 cm³/mol. The number of hydrogen-bond donors (Lipinski definition) is 1. The van der Waals surface area contributed by atoms with Gasteiger partial charge < -0.3 is 0 Å². The molecule has 120 valence electrons. The van der Waals surface area contributed by atoms with E-state index in [1.165, 1.54) is 22.5 Å². The highest BCUT2D eigenvalue weighted by atomic mass is 32.1. The monoisotopic (exact) mass is 342 g/mol. The number of thiazole rings is 1. The van der Waals surface area contributed by atoms with Crippen LogP contribution in [0.15, 0.2) is 66.7 Å². The smallest absolute Gasteiger partial charge is 0.258 e. The lowest BCUT2D eigenvalue weighted by atomic mass is 9.99. The van der Waals surface area contributed by atoms with Gasteiger partial charge in [0.05, 0.1) is 10.2 Å². The summed E-state index contributed by atoms with van der Waals surface area (Å²) in [5.41, 5.74) is 6.31. The Balaban J connectivity index is 1.54. The summed E-state index contributed by atoms with van der Waals surface area (Å²) in [6.45, 7) is 0. The van der Waals surface area contributed by atoms with Crippen LogP contribution in [0.1, 0.15) is 21.5 Å². The average Bonchev–Trinajstić information content (AvgIpc) is 3.21. The molecule has 0 atom stereocenters. The van der Waals surface area contributed by atoms with Gasteiger partial charge in [-0.05, 0) is 46.9 Å². The number of benzene rings is 3. The van der Waals surface area contributed by atoms with Gasteiger partial charge in [0.25, 0.3) is 5.91 Å². The van der Waals surface area contributed by atoms with E-state index >= 15 is 0 Å². The van der Waals surface area contributed by atoms with Gasteiger partial charge in [-0.2, -0.15) is 0 Å². The van der Waals surface area contributed by atoms with Crippen molar-refractivity contribution in [2.75, 3.05) is 5.32 Å².